The molecular formula is C52H34N2O. The molecule has 0 N–H and O–H groups in total. The summed E-state index contributed by atoms with van der Waals surface area (Å²) in [4.78, 5) is 10.6. The Morgan fingerprint density at radius 3 is 1.36 bits per heavy atom. The van der Waals surface area contributed by atoms with Gasteiger partial charge in [-0.1, -0.05) is 152 Å². The zero-order valence-electron chi connectivity index (χ0n) is 29.9. The number of para-hydroxylation sites is 1. The first-order valence-corrected chi connectivity index (χ1v) is 18.6. The fraction of sp³-hybridized carbons (Fsp3) is 0. The Hall–Kier alpha value is -7.36. The molecule has 0 aliphatic heterocycles. The Labute approximate surface area is 319 Å². The third kappa shape index (κ3) is 6.39. The van der Waals surface area contributed by atoms with Crippen LogP contribution in [0.5, 0.6) is 0 Å². The normalized spacial score (nSPS) is 11.3. The molecule has 0 spiro atoms. The molecule has 258 valence electrons. The summed E-state index contributed by atoms with van der Waals surface area (Å²) in [5, 5.41) is 2.21. The van der Waals surface area contributed by atoms with Crippen molar-refractivity contribution in [2.75, 3.05) is 0 Å². The van der Waals surface area contributed by atoms with Crippen molar-refractivity contribution in [1.82, 2.24) is 9.97 Å². The van der Waals surface area contributed by atoms with Crippen molar-refractivity contribution in [2.24, 2.45) is 0 Å². The van der Waals surface area contributed by atoms with Crippen LogP contribution in [0.4, 0.5) is 0 Å². The molecule has 0 fully saturated rings. The Morgan fingerprint density at radius 1 is 0.255 bits per heavy atom. The summed E-state index contributed by atoms with van der Waals surface area (Å²) in [6.45, 7) is 0. The van der Waals surface area contributed by atoms with Gasteiger partial charge in [-0.25, -0.2) is 9.97 Å². The molecule has 0 unspecified atom stereocenters. The van der Waals surface area contributed by atoms with E-state index in [0.717, 1.165) is 94.5 Å². The molecule has 10 aromatic rings. The zero-order chi connectivity index (χ0) is 36.6. The SMILES string of the molecule is c1ccc(-c2cccc(-c3cc(-c4cc(-c5ccccc5)cc(-c5ccc6oc7ccccc7c6c5)c4)nc(-c4cccc(-c5ccccc5)c4)n3)c2)cc1. The molecule has 8 aromatic carbocycles. The Morgan fingerprint density at radius 2 is 0.691 bits per heavy atom. The summed E-state index contributed by atoms with van der Waals surface area (Å²) in [7, 11) is 0. The smallest absolute Gasteiger partial charge is 0.160 e. The van der Waals surface area contributed by atoms with Crippen molar-refractivity contribution >= 4 is 21.9 Å². The van der Waals surface area contributed by atoms with E-state index in [4.69, 9.17) is 14.4 Å². The lowest BCUT2D eigenvalue weighted by atomic mass is 9.93. The summed E-state index contributed by atoms with van der Waals surface area (Å²) in [6.07, 6.45) is 0. The van der Waals surface area contributed by atoms with E-state index in [1.165, 1.54) is 0 Å². The molecule has 2 heterocycles. The monoisotopic (exact) mass is 702 g/mol. The first-order chi connectivity index (χ1) is 27.2. The number of benzene rings is 8. The maximum absolute atomic E-state index is 6.20. The highest BCUT2D eigenvalue weighted by Gasteiger charge is 2.16. The predicted octanol–water partition coefficient (Wildman–Crippen LogP) is 14.0. The second-order valence-corrected chi connectivity index (χ2v) is 13.8. The maximum atomic E-state index is 6.20. The number of nitrogens with zero attached hydrogens (tertiary/aromatic N) is 2. The Kier molecular flexibility index (Phi) is 8.16. The molecule has 0 saturated carbocycles. The fourth-order valence-corrected chi connectivity index (χ4v) is 7.47. The van der Waals surface area contributed by atoms with Crippen LogP contribution in [-0.4, -0.2) is 9.97 Å². The van der Waals surface area contributed by atoms with E-state index < -0.39 is 0 Å². The minimum atomic E-state index is 0.674. The van der Waals surface area contributed by atoms with Crippen LogP contribution >= 0.6 is 0 Å². The lowest BCUT2D eigenvalue weighted by molar-refractivity contribution is 0.669. The van der Waals surface area contributed by atoms with Gasteiger partial charge in [-0.3, -0.25) is 0 Å². The predicted molar refractivity (Wildman–Crippen MR) is 227 cm³/mol. The number of aromatic nitrogens is 2. The van der Waals surface area contributed by atoms with Crippen molar-refractivity contribution < 1.29 is 4.42 Å². The van der Waals surface area contributed by atoms with E-state index in [2.05, 4.69) is 182 Å². The van der Waals surface area contributed by atoms with Gasteiger partial charge in [0.25, 0.3) is 0 Å². The third-order valence-corrected chi connectivity index (χ3v) is 10.3. The highest BCUT2D eigenvalue weighted by molar-refractivity contribution is 6.06. The molecule has 0 bridgehead atoms. The first-order valence-electron chi connectivity index (χ1n) is 18.6. The fourth-order valence-electron chi connectivity index (χ4n) is 7.47. The minimum absolute atomic E-state index is 0.674. The van der Waals surface area contributed by atoms with Gasteiger partial charge >= 0.3 is 0 Å². The van der Waals surface area contributed by atoms with Crippen LogP contribution in [0.1, 0.15) is 0 Å². The molecular weight excluding hydrogens is 669 g/mol. The van der Waals surface area contributed by atoms with Gasteiger partial charge in [-0.05, 0) is 99.1 Å². The summed E-state index contributed by atoms with van der Waals surface area (Å²) in [5.74, 6) is 0.674. The van der Waals surface area contributed by atoms with E-state index in [0.29, 0.717) is 5.82 Å². The highest BCUT2D eigenvalue weighted by Crippen LogP contribution is 2.38. The molecule has 0 aliphatic rings. The molecule has 2 aromatic heterocycles. The topological polar surface area (TPSA) is 38.9 Å². The lowest BCUT2D eigenvalue weighted by Gasteiger charge is -2.14. The molecule has 0 radical (unpaired) electrons. The number of rotatable bonds is 7. The number of fused-ring (bicyclic) bond motifs is 3. The minimum Gasteiger partial charge on any atom is -0.456 e. The molecule has 0 saturated heterocycles. The van der Waals surface area contributed by atoms with Gasteiger partial charge in [0.2, 0.25) is 0 Å². The van der Waals surface area contributed by atoms with E-state index in [1.54, 1.807) is 0 Å². The van der Waals surface area contributed by atoms with E-state index in [1.807, 2.05) is 24.3 Å². The van der Waals surface area contributed by atoms with Crippen molar-refractivity contribution in [3.05, 3.63) is 206 Å². The summed E-state index contributed by atoms with van der Waals surface area (Å²) in [6, 6.07) is 72.3. The Balaban J connectivity index is 1.18. The van der Waals surface area contributed by atoms with Gasteiger partial charge in [-0.2, -0.15) is 0 Å². The molecule has 0 atom stereocenters. The average Bonchev–Trinajstić information content (AvgIpc) is 3.65. The number of furan rings is 1. The van der Waals surface area contributed by atoms with Crippen LogP contribution in [-0.2, 0) is 0 Å². The second kappa shape index (κ2) is 13.9. The first kappa shape index (κ1) is 32.3. The van der Waals surface area contributed by atoms with Gasteiger partial charge in [0.15, 0.2) is 5.82 Å². The van der Waals surface area contributed by atoms with E-state index in [-0.39, 0.29) is 0 Å². The van der Waals surface area contributed by atoms with Crippen molar-refractivity contribution in [2.45, 2.75) is 0 Å². The maximum Gasteiger partial charge on any atom is 0.160 e. The number of hydrogen-bond acceptors (Lipinski definition) is 3. The highest BCUT2D eigenvalue weighted by atomic mass is 16.3. The van der Waals surface area contributed by atoms with Crippen LogP contribution < -0.4 is 0 Å². The van der Waals surface area contributed by atoms with Crippen molar-refractivity contribution in [1.29, 1.82) is 0 Å². The van der Waals surface area contributed by atoms with E-state index in [9.17, 15) is 0 Å². The average molecular weight is 703 g/mol. The van der Waals surface area contributed by atoms with Gasteiger partial charge in [0.05, 0.1) is 11.4 Å². The van der Waals surface area contributed by atoms with Crippen molar-refractivity contribution in [3.8, 4) is 78.4 Å². The van der Waals surface area contributed by atoms with Crippen molar-refractivity contribution in [3.63, 3.8) is 0 Å². The van der Waals surface area contributed by atoms with Gasteiger partial charge < -0.3 is 4.42 Å². The third-order valence-electron chi connectivity index (χ3n) is 10.3. The van der Waals surface area contributed by atoms with Crippen LogP contribution in [0.15, 0.2) is 211 Å². The van der Waals surface area contributed by atoms with Gasteiger partial charge in [0, 0.05) is 27.5 Å². The molecule has 0 aliphatic carbocycles. The summed E-state index contributed by atoms with van der Waals surface area (Å²) >= 11 is 0. The second-order valence-electron chi connectivity index (χ2n) is 13.8. The summed E-state index contributed by atoms with van der Waals surface area (Å²) in [5.41, 5.74) is 15.5. The summed E-state index contributed by atoms with van der Waals surface area (Å²) < 4.78 is 6.20. The van der Waals surface area contributed by atoms with Gasteiger partial charge in [-0.15, -0.1) is 0 Å². The lowest BCUT2D eigenvalue weighted by Crippen LogP contribution is -1.97. The zero-order valence-corrected chi connectivity index (χ0v) is 29.9. The van der Waals surface area contributed by atoms with Crippen LogP contribution in [0.3, 0.4) is 0 Å². The van der Waals surface area contributed by atoms with E-state index >= 15 is 0 Å². The quantitative estimate of drug-likeness (QED) is 0.166. The largest absolute Gasteiger partial charge is 0.456 e. The van der Waals surface area contributed by atoms with Crippen LogP contribution in [0.2, 0.25) is 0 Å². The molecule has 55 heavy (non-hydrogen) atoms. The van der Waals surface area contributed by atoms with Gasteiger partial charge in [0.1, 0.15) is 11.2 Å². The molecule has 10 rings (SSSR count). The van der Waals surface area contributed by atoms with Crippen LogP contribution in [0, 0.1) is 0 Å². The molecule has 3 heteroatoms. The van der Waals surface area contributed by atoms with Crippen LogP contribution in [0.25, 0.3) is 100 Å². The molecule has 0 amide bonds. The standard InChI is InChI=1S/C52H34N2O/c1-4-14-35(15-5-1)38-20-12-22-41(28-38)48-34-49(54-52(53-48)42-23-13-21-39(29-42)36-16-6-2-7-17-36)45-31-43(37-18-8-3-9-19-37)30-44(32-45)40-26-27-51-47(33-40)46-24-10-11-25-50(46)55-51/h1-34H. The number of hydrogen-bond donors (Lipinski definition) is 0. The molecule has 3 nitrogen and oxygen atoms in total. The Bertz CT molecular complexity index is 2870.